The molecule has 2 amide bonds. The molecule has 0 atom stereocenters. The summed E-state index contributed by atoms with van der Waals surface area (Å²) in [5.74, 6) is -2.87. The van der Waals surface area contributed by atoms with Gasteiger partial charge in [0.15, 0.2) is 0 Å². The van der Waals surface area contributed by atoms with Crippen LogP contribution in [0.4, 0.5) is 25.8 Å². The predicted octanol–water partition coefficient (Wildman–Crippen LogP) is 2.78. The van der Waals surface area contributed by atoms with Crippen molar-refractivity contribution in [3.8, 4) is 5.75 Å². The van der Waals surface area contributed by atoms with Gasteiger partial charge in [-0.15, -0.1) is 0 Å². The number of methoxy groups -OCH3 is 1. The number of rotatable bonds is 9. The van der Waals surface area contributed by atoms with E-state index in [2.05, 4.69) is 10.6 Å². The molecule has 2 N–H and O–H groups in total. The lowest BCUT2D eigenvalue weighted by Gasteiger charge is -2.20. The molecule has 2 aromatic rings. The SMILES string of the molecule is CCN(CC(=O)Nc1cc([N+](=O)[O-])ccc1OC)CC(=O)Nc1c(F)cccc1F. The van der Waals surface area contributed by atoms with Crippen LogP contribution in [-0.4, -0.2) is 48.4 Å². The number of ether oxygens (including phenoxy) is 1. The van der Waals surface area contributed by atoms with E-state index in [9.17, 15) is 28.5 Å². The standard InChI is InChI=1S/C19H20F2N4O5/c1-3-24(11-18(27)23-19-13(20)5-4-6-14(19)21)10-17(26)22-15-9-12(25(28)29)7-8-16(15)30-2/h4-9H,3,10-11H2,1-2H3,(H,22,26)(H,23,27). The van der Waals surface area contributed by atoms with Crippen molar-refractivity contribution in [2.75, 3.05) is 37.4 Å². The average molecular weight is 422 g/mol. The highest BCUT2D eigenvalue weighted by molar-refractivity contribution is 5.95. The summed E-state index contributed by atoms with van der Waals surface area (Å²) in [6, 6.07) is 6.93. The van der Waals surface area contributed by atoms with Crippen LogP contribution in [0.2, 0.25) is 0 Å². The molecule has 0 aliphatic carbocycles. The van der Waals surface area contributed by atoms with Crippen LogP contribution in [0.5, 0.6) is 5.75 Å². The van der Waals surface area contributed by atoms with Crippen molar-refractivity contribution >= 4 is 28.9 Å². The molecule has 0 aliphatic heterocycles. The molecule has 160 valence electrons. The summed E-state index contributed by atoms with van der Waals surface area (Å²) >= 11 is 0. The maximum atomic E-state index is 13.7. The highest BCUT2D eigenvalue weighted by atomic mass is 19.1. The Bertz CT molecular complexity index is 934. The summed E-state index contributed by atoms with van der Waals surface area (Å²) in [7, 11) is 1.35. The summed E-state index contributed by atoms with van der Waals surface area (Å²) in [6.07, 6.45) is 0. The Hall–Kier alpha value is -3.60. The van der Waals surface area contributed by atoms with E-state index in [-0.39, 0.29) is 36.8 Å². The number of nitro groups is 1. The van der Waals surface area contributed by atoms with Gasteiger partial charge in [-0.1, -0.05) is 13.0 Å². The Morgan fingerprint density at radius 3 is 2.23 bits per heavy atom. The van der Waals surface area contributed by atoms with Gasteiger partial charge >= 0.3 is 0 Å². The molecule has 11 heteroatoms. The first-order valence-electron chi connectivity index (χ1n) is 8.83. The number of nitro benzene ring substituents is 1. The van der Waals surface area contributed by atoms with Gasteiger partial charge in [0.25, 0.3) is 5.69 Å². The molecule has 2 rings (SSSR count). The van der Waals surface area contributed by atoms with E-state index in [4.69, 9.17) is 4.74 Å². The Kier molecular flexibility index (Phi) is 7.76. The number of para-hydroxylation sites is 1. The minimum atomic E-state index is -0.915. The van der Waals surface area contributed by atoms with E-state index < -0.39 is 34.1 Å². The lowest BCUT2D eigenvalue weighted by molar-refractivity contribution is -0.384. The maximum absolute atomic E-state index is 13.7. The highest BCUT2D eigenvalue weighted by Crippen LogP contribution is 2.28. The topological polar surface area (TPSA) is 114 Å². The first kappa shape index (κ1) is 22.7. The second-order valence-corrected chi connectivity index (χ2v) is 6.14. The third-order valence-corrected chi connectivity index (χ3v) is 4.08. The molecule has 0 aliphatic rings. The molecule has 0 fully saturated rings. The second kappa shape index (κ2) is 10.3. The number of amides is 2. The molecule has 0 saturated carbocycles. The number of benzene rings is 2. The van der Waals surface area contributed by atoms with Gasteiger partial charge in [0.05, 0.1) is 30.8 Å². The fourth-order valence-corrected chi connectivity index (χ4v) is 2.58. The van der Waals surface area contributed by atoms with Crippen LogP contribution in [-0.2, 0) is 9.59 Å². The number of carbonyl (C=O) groups excluding carboxylic acids is 2. The number of nitrogens with zero attached hydrogens (tertiary/aromatic N) is 2. The maximum Gasteiger partial charge on any atom is 0.271 e. The van der Waals surface area contributed by atoms with Crippen LogP contribution >= 0.6 is 0 Å². The lowest BCUT2D eigenvalue weighted by atomic mass is 10.2. The number of halogens is 2. The normalized spacial score (nSPS) is 10.6. The second-order valence-electron chi connectivity index (χ2n) is 6.14. The zero-order valence-corrected chi connectivity index (χ0v) is 16.3. The van der Waals surface area contributed by atoms with Crippen LogP contribution in [0.3, 0.4) is 0 Å². The van der Waals surface area contributed by atoms with Gasteiger partial charge in [-0.3, -0.25) is 24.6 Å². The first-order chi connectivity index (χ1) is 14.2. The molecule has 0 saturated heterocycles. The van der Waals surface area contributed by atoms with Crippen LogP contribution in [0.15, 0.2) is 36.4 Å². The van der Waals surface area contributed by atoms with E-state index in [1.807, 2.05) is 0 Å². The average Bonchev–Trinajstić information content (AvgIpc) is 2.70. The Balaban J connectivity index is 2.02. The highest BCUT2D eigenvalue weighted by Gasteiger charge is 2.18. The number of nitrogens with one attached hydrogen (secondary N) is 2. The fourth-order valence-electron chi connectivity index (χ4n) is 2.58. The van der Waals surface area contributed by atoms with E-state index in [0.29, 0.717) is 0 Å². The van der Waals surface area contributed by atoms with Crippen molar-refractivity contribution in [3.63, 3.8) is 0 Å². The zero-order valence-electron chi connectivity index (χ0n) is 16.3. The lowest BCUT2D eigenvalue weighted by Crippen LogP contribution is -2.38. The van der Waals surface area contributed by atoms with Crippen molar-refractivity contribution in [1.29, 1.82) is 0 Å². The monoisotopic (exact) mass is 422 g/mol. The van der Waals surface area contributed by atoms with E-state index in [1.165, 1.54) is 30.2 Å². The fraction of sp³-hybridized carbons (Fsp3) is 0.263. The molecule has 0 spiro atoms. The van der Waals surface area contributed by atoms with E-state index in [1.54, 1.807) is 6.92 Å². The number of carbonyl (C=O) groups is 2. The molecule has 2 aromatic carbocycles. The Morgan fingerprint density at radius 1 is 1.10 bits per heavy atom. The van der Waals surface area contributed by atoms with Crippen LogP contribution in [0, 0.1) is 21.7 Å². The quantitative estimate of drug-likeness (QED) is 0.475. The smallest absolute Gasteiger partial charge is 0.271 e. The molecule has 9 nitrogen and oxygen atoms in total. The van der Waals surface area contributed by atoms with Crippen molar-refractivity contribution < 1.29 is 28.0 Å². The summed E-state index contributed by atoms with van der Waals surface area (Å²) in [6.45, 7) is 1.43. The molecule has 0 unspecified atom stereocenters. The number of likely N-dealkylation sites (N-methyl/N-ethyl adjacent to an activating group) is 1. The van der Waals surface area contributed by atoms with E-state index in [0.717, 1.165) is 18.2 Å². The summed E-state index contributed by atoms with van der Waals surface area (Å²) in [4.78, 5) is 36.2. The third kappa shape index (κ3) is 5.95. The summed E-state index contributed by atoms with van der Waals surface area (Å²) in [5, 5.41) is 15.6. The predicted molar refractivity (Wildman–Crippen MR) is 105 cm³/mol. The first-order valence-corrected chi connectivity index (χ1v) is 8.83. The van der Waals surface area contributed by atoms with Gasteiger partial charge in [0.2, 0.25) is 11.8 Å². The van der Waals surface area contributed by atoms with Crippen molar-refractivity contribution in [2.45, 2.75) is 6.92 Å². The van der Waals surface area contributed by atoms with Crippen molar-refractivity contribution in [3.05, 3.63) is 58.1 Å². The van der Waals surface area contributed by atoms with E-state index >= 15 is 0 Å². The zero-order chi connectivity index (χ0) is 22.3. The number of hydrogen-bond donors (Lipinski definition) is 2. The van der Waals surface area contributed by atoms with Crippen molar-refractivity contribution in [2.24, 2.45) is 0 Å². The van der Waals surface area contributed by atoms with Crippen LogP contribution in [0.1, 0.15) is 6.92 Å². The molecular formula is C19H20F2N4O5. The van der Waals surface area contributed by atoms with Crippen LogP contribution < -0.4 is 15.4 Å². The van der Waals surface area contributed by atoms with Gasteiger partial charge in [0.1, 0.15) is 23.1 Å². The molecule has 30 heavy (non-hydrogen) atoms. The van der Waals surface area contributed by atoms with Crippen molar-refractivity contribution in [1.82, 2.24) is 4.90 Å². The number of non-ortho nitro benzene ring substituents is 1. The number of hydrogen-bond acceptors (Lipinski definition) is 6. The molecule has 0 heterocycles. The molecule has 0 aromatic heterocycles. The third-order valence-electron chi connectivity index (χ3n) is 4.08. The molecule has 0 radical (unpaired) electrons. The molecular weight excluding hydrogens is 402 g/mol. The van der Waals surface area contributed by atoms with Gasteiger partial charge in [-0.05, 0) is 24.7 Å². The minimum absolute atomic E-state index is 0.102. The molecule has 0 bridgehead atoms. The minimum Gasteiger partial charge on any atom is -0.495 e. The Morgan fingerprint density at radius 2 is 1.70 bits per heavy atom. The van der Waals surface area contributed by atoms with Gasteiger partial charge in [-0.2, -0.15) is 0 Å². The van der Waals surface area contributed by atoms with Gasteiger partial charge in [0, 0.05) is 12.1 Å². The van der Waals surface area contributed by atoms with Gasteiger partial charge < -0.3 is 15.4 Å². The van der Waals surface area contributed by atoms with Gasteiger partial charge in [-0.25, -0.2) is 8.78 Å². The number of anilines is 2. The van der Waals surface area contributed by atoms with Crippen LogP contribution in [0.25, 0.3) is 0 Å². The Labute approximate surface area is 170 Å². The summed E-state index contributed by atoms with van der Waals surface area (Å²) < 4.78 is 32.4. The largest absolute Gasteiger partial charge is 0.495 e. The summed E-state index contributed by atoms with van der Waals surface area (Å²) in [5.41, 5.74) is -0.695.